The van der Waals surface area contributed by atoms with E-state index >= 15 is 0 Å². The number of anilines is 3. The third-order valence-electron chi connectivity index (χ3n) is 7.65. The number of benzene rings is 2. The van der Waals surface area contributed by atoms with E-state index in [1.165, 1.54) is 10.7 Å². The van der Waals surface area contributed by atoms with Crippen molar-refractivity contribution in [3.8, 4) is 0 Å². The van der Waals surface area contributed by atoms with Gasteiger partial charge in [-0.25, -0.2) is 14.8 Å². The lowest BCUT2D eigenvalue weighted by molar-refractivity contribution is -0.125. The number of para-hydroxylation sites is 1. The third kappa shape index (κ3) is 3.64. The maximum absolute atomic E-state index is 14.4. The highest BCUT2D eigenvalue weighted by Gasteiger charge is 2.60. The van der Waals surface area contributed by atoms with E-state index in [0.29, 0.717) is 36.8 Å². The fourth-order valence-electron chi connectivity index (χ4n) is 5.83. The highest BCUT2D eigenvalue weighted by molar-refractivity contribution is 6.20. The van der Waals surface area contributed by atoms with Crippen molar-refractivity contribution in [3.05, 3.63) is 78.1 Å². The predicted molar refractivity (Wildman–Crippen MR) is 141 cm³/mol. The molecular weight excluding hydrogens is 468 g/mol. The van der Waals surface area contributed by atoms with Crippen molar-refractivity contribution in [1.29, 1.82) is 0 Å². The zero-order chi connectivity index (χ0) is 25.6. The van der Waals surface area contributed by atoms with E-state index in [-0.39, 0.29) is 17.9 Å². The van der Waals surface area contributed by atoms with Gasteiger partial charge in [0.2, 0.25) is 5.95 Å². The first-order valence-corrected chi connectivity index (χ1v) is 12.6. The maximum Gasteiger partial charge on any atom is 0.338 e. The zero-order valence-electron chi connectivity index (χ0n) is 20.9. The molecule has 2 atom stereocenters. The third-order valence-corrected chi connectivity index (χ3v) is 7.65. The summed E-state index contributed by atoms with van der Waals surface area (Å²) in [6.45, 7) is 6.14. The van der Waals surface area contributed by atoms with E-state index < -0.39 is 5.41 Å². The molecule has 4 heterocycles. The van der Waals surface area contributed by atoms with Gasteiger partial charge in [0, 0.05) is 37.7 Å². The van der Waals surface area contributed by atoms with Crippen molar-refractivity contribution >= 4 is 34.9 Å². The van der Waals surface area contributed by atoms with Gasteiger partial charge < -0.3 is 14.5 Å². The number of hydrogen-bond donors (Lipinski definition) is 0. The van der Waals surface area contributed by atoms with Crippen molar-refractivity contribution in [2.45, 2.75) is 26.3 Å². The van der Waals surface area contributed by atoms with Gasteiger partial charge >= 0.3 is 5.97 Å². The molecule has 0 saturated carbocycles. The summed E-state index contributed by atoms with van der Waals surface area (Å²) in [6.07, 6.45) is 4.06. The molecule has 1 aromatic heterocycles. The summed E-state index contributed by atoms with van der Waals surface area (Å²) in [4.78, 5) is 39.9. The highest BCUT2D eigenvalue weighted by Crippen LogP contribution is 2.48. The average Bonchev–Trinajstić information content (AvgIpc) is 3.19. The van der Waals surface area contributed by atoms with Crippen molar-refractivity contribution in [2.24, 2.45) is 10.5 Å². The second-order valence-corrected chi connectivity index (χ2v) is 9.55. The molecule has 3 aliphatic rings. The lowest BCUT2D eigenvalue weighted by Crippen LogP contribution is -2.67. The first-order valence-electron chi connectivity index (χ1n) is 12.6. The van der Waals surface area contributed by atoms with E-state index in [1.54, 1.807) is 49.6 Å². The standard InChI is InChI=1S/C28H28N6O3/c1-3-37-25(35)20-9-11-22(12-10-20)34-26(36)28(19(2)31-34)17-21-7-4-5-8-23(21)33-16-15-32(18-24(28)33)27-29-13-6-14-30-27/h4-14,24H,3,15-18H2,1-2H3/t24-,28-/m1/s1. The summed E-state index contributed by atoms with van der Waals surface area (Å²) >= 11 is 0. The van der Waals surface area contributed by atoms with E-state index in [0.717, 1.165) is 24.4 Å². The van der Waals surface area contributed by atoms with Gasteiger partial charge in [-0.05, 0) is 62.2 Å². The number of piperazine rings is 1. The Bertz CT molecular complexity index is 1380. The number of nitrogens with zero attached hydrogens (tertiary/aromatic N) is 6. The monoisotopic (exact) mass is 496 g/mol. The number of aromatic nitrogens is 2. The second-order valence-electron chi connectivity index (χ2n) is 9.55. The van der Waals surface area contributed by atoms with Crippen LogP contribution in [0.2, 0.25) is 0 Å². The van der Waals surface area contributed by atoms with E-state index in [2.05, 4.69) is 38.0 Å². The molecule has 1 spiro atoms. The molecule has 1 amide bonds. The molecule has 3 aromatic rings. The summed E-state index contributed by atoms with van der Waals surface area (Å²) < 4.78 is 5.09. The quantitative estimate of drug-likeness (QED) is 0.512. The van der Waals surface area contributed by atoms with Gasteiger partial charge in [-0.1, -0.05) is 18.2 Å². The number of fused-ring (bicyclic) bond motifs is 4. The minimum absolute atomic E-state index is 0.0609. The van der Waals surface area contributed by atoms with Gasteiger partial charge in [-0.3, -0.25) is 4.79 Å². The Balaban J connectivity index is 1.38. The fraction of sp³-hybridized carbons (Fsp3) is 0.321. The summed E-state index contributed by atoms with van der Waals surface area (Å²) in [7, 11) is 0. The van der Waals surface area contributed by atoms with E-state index in [1.807, 2.05) is 13.0 Å². The Morgan fingerprint density at radius 1 is 1.05 bits per heavy atom. The van der Waals surface area contributed by atoms with Crippen LogP contribution in [0.4, 0.5) is 17.3 Å². The number of hydrogen-bond acceptors (Lipinski definition) is 8. The van der Waals surface area contributed by atoms with Crippen molar-refractivity contribution in [3.63, 3.8) is 0 Å². The molecule has 0 radical (unpaired) electrons. The number of hydrazone groups is 1. The Kier molecular flexibility index (Phi) is 5.62. The van der Waals surface area contributed by atoms with Crippen LogP contribution in [0, 0.1) is 5.41 Å². The minimum Gasteiger partial charge on any atom is -0.462 e. The Morgan fingerprint density at radius 3 is 2.57 bits per heavy atom. The van der Waals surface area contributed by atoms with Crippen LogP contribution >= 0.6 is 0 Å². The second kappa shape index (κ2) is 8.99. The molecule has 0 unspecified atom stereocenters. The summed E-state index contributed by atoms with van der Waals surface area (Å²) in [6, 6.07) is 16.8. The average molecular weight is 497 g/mol. The fourth-order valence-corrected chi connectivity index (χ4v) is 5.83. The van der Waals surface area contributed by atoms with Crippen LogP contribution < -0.4 is 14.8 Å². The van der Waals surface area contributed by atoms with Gasteiger partial charge in [0.1, 0.15) is 5.41 Å². The zero-order valence-corrected chi connectivity index (χ0v) is 20.9. The van der Waals surface area contributed by atoms with Gasteiger partial charge in [0.05, 0.1) is 29.6 Å². The first kappa shape index (κ1) is 23.1. The molecule has 37 heavy (non-hydrogen) atoms. The number of amides is 1. The molecule has 188 valence electrons. The number of rotatable bonds is 4. The molecule has 1 fully saturated rings. The lowest BCUT2D eigenvalue weighted by Gasteiger charge is -2.53. The molecule has 9 nitrogen and oxygen atoms in total. The van der Waals surface area contributed by atoms with Gasteiger partial charge in [-0.2, -0.15) is 10.1 Å². The summed E-state index contributed by atoms with van der Waals surface area (Å²) in [5, 5.41) is 6.29. The van der Waals surface area contributed by atoms with Crippen LogP contribution in [-0.2, 0) is 16.0 Å². The smallest absolute Gasteiger partial charge is 0.338 e. The van der Waals surface area contributed by atoms with E-state index in [9.17, 15) is 9.59 Å². The largest absolute Gasteiger partial charge is 0.462 e. The van der Waals surface area contributed by atoms with Crippen molar-refractivity contribution in [2.75, 3.05) is 41.0 Å². The first-order chi connectivity index (χ1) is 18.0. The normalized spacial score (nSPS) is 22.5. The molecule has 6 rings (SSSR count). The molecule has 0 N–H and O–H groups in total. The SMILES string of the molecule is CCOC(=O)c1ccc(N2N=C(C)[C@@]3(Cc4ccccc4N4CCN(c5ncccn5)C[C@@H]43)C2=O)cc1. The van der Waals surface area contributed by atoms with E-state index in [4.69, 9.17) is 9.84 Å². The molecule has 0 aliphatic carbocycles. The Morgan fingerprint density at radius 2 is 1.81 bits per heavy atom. The lowest BCUT2D eigenvalue weighted by atomic mass is 9.67. The number of ether oxygens (including phenoxy) is 1. The number of carbonyl (C=O) groups excluding carboxylic acids is 2. The van der Waals surface area contributed by atoms with Gasteiger partial charge in [0.25, 0.3) is 5.91 Å². The Labute approximate surface area is 215 Å². The molecule has 1 saturated heterocycles. The number of esters is 1. The van der Waals surface area contributed by atoms with Crippen molar-refractivity contribution in [1.82, 2.24) is 9.97 Å². The van der Waals surface area contributed by atoms with Crippen LogP contribution in [0.25, 0.3) is 0 Å². The van der Waals surface area contributed by atoms with Crippen LogP contribution in [0.5, 0.6) is 0 Å². The van der Waals surface area contributed by atoms with Crippen LogP contribution in [0.15, 0.2) is 72.1 Å². The topological polar surface area (TPSA) is 91.2 Å². The molecule has 9 heteroatoms. The molecule has 0 bridgehead atoms. The molecular formula is C28H28N6O3. The predicted octanol–water partition coefficient (Wildman–Crippen LogP) is 3.31. The minimum atomic E-state index is -0.832. The summed E-state index contributed by atoms with van der Waals surface area (Å²) in [5.74, 6) is 0.222. The van der Waals surface area contributed by atoms with Gasteiger partial charge in [0.15, 0.2) is 0 Å². The Hall–Kier alpha value is -4.27. The highest BCUT2D eigenvalue weighted by atomic mass is 16.5. The number of carbonyl (C=O) groups is 2. The summed E-state index contributed by atoms with van der Waals surface area (Å²) in [5.41, 5.74) is 3.33. The van der Waals surface area contributed by atoms with Crippen molar-refractivity contribution < 1.29 is 14.3 Å². The molecule has 2 aromatic carbocycles. The molecule has 3 aliphatic heterocycles. The van der Waals surface area contributed by atoms with Crippen LogP contribution in [-0.4, -0.2) is 59.8 Å². The van der Waals surface area contributed by atoms with Gasteiger partial charge in [-0.15, -0.1) is 0 Å². The van der Waals surface area contributed by atoms with Crippen LogP contribution in [0.1, 0.15) is 29.8 Å². The maximum atomic E-state index is 14.4. The van der Waals surface area contributed by atoms with Crippen LogP contribution in [0.3, 0.4) is 0 Å².